The van der Waals surface area contributed by atoms with Gasteiger partial charge in [-0.1, -0.05) is 34.1 Å². The van der Waals surface area contributed by atoms with Gasteiger partial charge in [-0.2, -0.15) is 0 Å². The van der Waals surface area contributed by atoms with Gasteiger partial charge in [0.15, 0.2) is 9.84 Å². The van der Waals surface area contributed by atoms with Crippen molar-refractivity contribution in [1.29, 1.82) is 0 Å². The molecule has 6 heteroatoms. The predicted molar refractivity (Wildman–Crippen MR) is 86.0 cm³/mol. The van der Waals surface area contributed by atoms with Crippen LogP contribution in [0.4, 0.5) is 0 Å². The Morgan fingerprint density at radius 2 is 1.81 bits per heavy atom. The van der Waals surface area contributed by atoms with Crippen LogP contribution in [-0.2, 0) is 16.4 Å². The van der Waals surface area contributed by atoms with E-state index < -0.39 is 9.84 Å². The lowest BCUT2D eigenvalue weighted by molar-refractivity contribution is 0.340. The fourth-order valence-electron chi connectivity index (χ4n) is 1.78. The maximum absolute atomic E-state index is 12.2. The molecule has 2 aromatic rings. The second-order valence-corrected chi connectivity index (χ2v) is 7.50. The van der Waals surface area contributed by atoms with Gasteiger partial charge in [0.1, 0.15) is 12.4 Å². The van der Waals surface area contributed by atoms with Crippen LogP contribution in [0.15, 0.2) is 57.9 Å². The summed E-state index contributed by atoms with van der Waals surface area (Å²) in [6.07, 6.45) is 0. The molecule has 2 aromatic carbocycles. The van der Waals surface area contributed by atoms with Crippen LogP contribution in [0.25, 0.3) is 0 Å². The second-order valence-electron chi connectivity index (χ2n) is 4.47. The van der Waals surface area contributed by atoms with E-state index in [-0.39, 0.29) is 17.3 Å². The molecule has 0 atom stereocenters. The Balaban J connectivity index is 1.97. The average Bonchev–Trinajstić information content (AvgIpc) is 2.47. The van der Waals surface area contributed by atoms with Gasteiger partial charge in [-0.3, -0.25) is 0 Å². The normalized spacial score (nSPS) is 11.3. The summed E-state index contributed by atoms with van der Waals surface area (Å²) in [5, 5.41) is 0. The summed E-state index contributed by atoms with van der Waals surface area (Å²) in [5.41, 5.74) is 6.39. The van der Waals surface area contributed by atoms with Crippen molar-refractivity contribution in [2.45, 2.75) is 11.4 Å². The molecule has 0 aliphatic carbocycles. The highest BCUT2D eigenvalue weighted by molar-refractivity contribution is 9.10. The SMILES string of the molecule is NCc1ccc(S(=O)(=O)CCOc2cccc(Br)c2)cc1. The second kappa shape index (κ2) is 7.06. The highest BCUT2D eigenvalue weighted by Crippen LogP contribution is 2.18. The first kappa shape index (κ1) is 16.0. The first-order valence-corrected chi connectivity index (χ1v) is 8.86. The molecule has 0 fully saturated rings. The monoisotopic (exact) mass is 369 g/mol. The molecule has 0 aromatic heterocycles. The van der Waals surface area contributed by atoms with Gasteiger partial charge in [0.25, 0.3) is 0 Å². The van der Waals surface area contributed by atoms with Crippen LogP contribution in [0.3, 0.4) is 0 Å². The zero-order valence-electron chi connectivity index (χ0n) is 11.3. The molecule has 2 N–H and O–H groups in total. The number of rotatable bonds is 6. The molecular weight excluding hydrogens is 354 g/mol. The Hall–Kier alpha value is -1.37. The topological polar surface area (TPSA) is 69.4 Å². The van der Waals surface area contributed by atoms with Crippen LogP contribution in [0.5, 0.6) is 5.75 Å². The summed E-state index contributed by atoms with van der Waals surface area (Å²) in [7, 11) is -3.34. The first-order chi connectivity index (χ1) is 10.0. The Bertz CT molecular complexity index is 699. The summed E-state index contributed by atoms with van der Waals surface area (Å²) in [5.74, 6) is 0.569. The summed E-state index contributed by atoms with van der Waals surface area (Å²) < 4.78 is 30.7. The summed E-state index contributed by atoms with van der Waals surface area (Å²) in [4.78, 5) is 0.289. The molecule has 0 saturated carbocycles. The lowest BCUT2D eigenvalue weighted by atomic mass is 10.2. The Morgan fingerprint density at radius 1 is 1.10 bits per heavy atom. The largest absolute Gasteiger partial charge is 0.492 e. The fraction of sp³-hybridized carbons (Fsp3) is 0.200. The molecular formula is C15H16BrNO3S. The molecule has 0 unspecified atom stereocenters. The minimum absolute atomic E-state index is 0.0680. The Kier molecular flexibility index (Phi) is 5.39. The molecule has 112 valence electrons. The Morgan fingerprint density at radius 3 is 2.43 bits per heavy atom. The number of benzene rings is 2. The van der Waals surface area contributed by atoms with Gasteiger partial charge < -0.3 is 10.5 Å². The van der Waals surface area contributed by atoms with E-state index in [9.17, 15) is 8.42 Å². The molecule has 0 aliphatic rings. The maximum atomic E-state index is 12.2. The van der Waals surface area contributed by atoms with Gasteiger partial charge in [0.2, 0.25) is 0 Å². The van der Waals surface area contributed by atoms with Crippen LogP contribution in [0, 0.1) is 0 Å². The Labute approximate surface area is 133 Å². The smallest absolute Gasteiger partial charge is 0.181 e. The van der Waals surface area contributed by atoms with Gasteiger partial charge in [-0.25, -0.2) is 8.42 Å². The number of hydrogen-bond donors (Lipinski definition) is 1. The van der Waals surface area contributed by atoms with Crippen molar-refractivity contribution >= 4 is 25.8 Å². The van der Waals surface area contributed by atoms with Gasteiger partial charge in [0, 0.05) is 11.0 Å². The molecule has 0 radical (unpaired) electrons. The first-order valence-electron chi connectivity index (χ1n) is 6.41. The molecule has 0 amide bonds. The molecule has 4 nitrogen and oxygen atoms in total. The number of halogens is 1. The van der Waals surface area contributed by atoms with Gasteiger partial charge in [-0.05, 0) is 35.9 Å². The van der Waals surface area contributed by atoms with Crippen molar-refractivity contribution in [3.05, 3.63) is 58.6 Å². The van der Waals surface area contributed by atoms with Crippen molar-refractivity contribution in [2.24, 2.45) is 5.73 Å². The van der Waals surface area contributed by atoms with Crippen LogP contribution >= 0.6 is 15.9 Å². The molecule has 0 bridgehead atoms. The number of sulfone groups is 1. The third kappa shape index (κ3) is 4.56. The summed E-state index contributed by atoms with van der Waals surface area (Å²) >= 11 is 3.34. The number of ether oxygens (including phenoxy) is 1. The third-order valence-corrected chi connectivity index (χ3v) is 5.12. The zero-order chi connectivity index (χ0) is 15.3. The van der Waals surface area contributed by atoms with Crippen LogP contribution in [0.1, 0.15) is 5.56 Å². The maximum Gasteiger partial charge on any atom is 0.181 e. The van der Waals surface area contributed by atoms with E-state index in [0.29, 0.717) is 12.3 Å². The fourth-order valence-corrected chi connectivity index (χ4v) is 3.24. The minimum atomic E-state index is -3.34. The quantitative estimate of drug-likeness (QED) is 0.849. The van der Waals surface area contributed by atoms with E-state index in [1.807, 2.05) is 12.1 Å². The van der Waals surface area contributed by atoms with Gasteiger partial charge in [-0.15, -0.1) is 0 Å². The van der Waals surface area contributed by atoms with Crippen LogP contribution < -0.4 is 10.5 Å². The predicted octanol–water partition coefficient (Wildman–Crippen LogP) is 2.76. The standard InChI is InChI=1S/C15H16BrNO3S/c16-13-2-1-3-14(10-13)20-8-9-21(18,19)15-6-4-12(11-17)5-7-15/h1-7,10H,8-9,11,17H2. The van der Waals surface area contributed by atoms with Gasteiger partial charge in [0.05, 0.1) is 10.6 Å². The van der Waals surface area contributed by atoms with Crippen molar-refractivity contribution in [3.8, 4) is 5.75 Å². The summed E-state index contributed by atoms with van der Waals surface area (Å²) in [6.45, 7) is 0.504. The van der Waals surface area contributed by atoms with Crippen molar-refractivity contribution in [1.82, 2.24) is 0 Å². The van der Waals surface area contributed by atoms with E-state index in [1.165, 1.54) is 0 Å². The van der Waals surface area contributed by atoms with E-state index in [4.69, 9.17) is 10.5 Å². The van der Waals surface area contributed by atoms with E-state index in [0.717, 1.165) is 10.0 Å². The zero-order valence-corrected chi connectivity index (χ0v) is 13.7. The van der Waals surface area contributed by atoms with E-state index in [2.05, 4.69) is 15.9 Å². The molecule has 0 spiro atoms. The van der Waals surface area contributed by atoms with Crippen molar-refractivity contribution in [2.75, 3.05) is 12.4 Å². The molecule has 0 aliphatic heterocycles. The van der Waals surface area contributed by atoms with Gasteiger partial charge >= 0.3 is 0 Å². The third-order valence-electron chi connectivity index (χ3n) is 2.94. The molecule has 2 rings (SSSR count). The molecule has 0 heterocycles. The van der Waals surface area contributed by atoms with Crippen molar-refractivity contribution in [3.63, 3.8) is 0 Å². The number of nitrogens with two attached hydrogens (primary N) is 1. The van der Waals surface area contributed by atoms with Crippen LogP contribution in [-0.4, -0.2) is 20.8 Å². The molecule has 21 heavy (non-hydrogen) atoms. The lowest BCUT2D eigenvalue weighted by Gasteiger charge is -2.08. The summed E-state index contributed by atoms with van der Waals surface area (Å²) in [6, 6.07) is 13.9. The number of hydrogen-bond acceptors (Lipinski definition) is 4. The highest BCUT2D eigenvalue weighted by Gasteiger charge is 2.14. The van der Waals surface area contributed by atoms with Crippen molar-refractivity contribution < 1.29 is 13.2 Å². The minimum Gasteiger partial charge on any atom is -0.492 e. The molecule has 0 saturated heterocycles. The van der Waals surface area contributed by atoms with E-state index in [1.54, 1.807) is 36.4 Å². The average molecular weight is 370 g/mol. The lowest BCUT2D eigenvalue weighted by Crippen LogP contribution is -2.14. The van der Waals surface area contributed by atoms with E-state index >= 15 is 0 Å². The highest BCUT2D eigenvalue weighted by atomic mass is 79.9. The van der Waals surface area contributed by atoms with Crippen LogP contribution in [0.2, 0.25) is 0 Å².